The number of nitrogens with zero attached hydrogens (tertiary/aromatic N) is 2. The van der Waals surface area contributed by atoms with Gasteiger partial charge < -0.3 is 25.0 Å². The molecule has 40 heavy (non-hydrogen) atoms. The minimum Gasteiger partial charge on any atom is -0.490 e. The van der Waals surface area contributed by atoms with Crippen molar-refractivity contribution in [2.45, 2.75) is 77.7 Å². The molecule has 0 spiro atoms. The highest BCUT2D eigenvalue weighted by atomic mass is 35.5. The van der Waals surface area contributed by atoms with E-state index in [2.05, 4.69) is 49.3 Å². The molecular weight excluding hydrogens is 524 g/mol. The van der Waals surface area contributed by atoms with Gasteiger partial charge in [0, 0.05) is 47.6 Å². The molecule has 3 aliphatic rings. The molecule has 2 aliphatic heterocycles. The van der Waals surface area contributed by atoms with Gasteiger partial charge in [0.2, 0.25) is 0 Å². The summed E-state index contributed by atoms with van der Waals surface area (Å²) in [7, 11) is 0. The molecule has 0 bridgehead atoms. The van der Waals surface area contributed by atoms with Gasteiger partial charge in [-0.25, -0.2) is 0 Å². The van der Waals surface area contributed by atoms with Crippen LogP contribution in [0.3, 0.4) is 0 Å². The van der Waals surface area contributed by atoms with Gasteiger partial charge >= 0.3 is 0 Å². The van der Waals surface area contributed by atoms with Gasteiger partial charge in [-0.2, -0.15) is 5.26 Å². The molecule has 1 saturated carbocycles. The molecule has 214 valence electrons. The number of amides is 1. The Labute approximate surface area is 243 Å². The van der Waals surface area contributed by atoms with E-state index in [-0.39, 0.29) is 35.0 Å². The number of benzene rings is 2. The predicted octanol–water partition coefficient (Wildman–Crippen LogP) is 5.42. The summed E-state index contributed by atoms with van der Waals surface area (Å²) in [6.07, 6.45) is 4.63. The summed E-state index contributed by atoms with van der Waals surface area (Å²) in [5.74, 6) is 1.33. The van der Waals surface area contributed by atoms with Crippen molar-refractivity contribution in [3.05, 3.63) is 58.6 Å². The van der Waals surface area contributed by atoms with E-state index in [1.165, 1.54) is 12.8 Å². The fourth-order valence-corrected chi connectivity index (χ4v) is 7.43. The minimum absolute atomic E-state index is 0.0904. The number of hydrogen-bond donors (Lipinski definition) is 2. The highest BCUT2D eigenvalue weighted by molar-refractivity contribution is 6.31. The van der Waals surface area contributed by atoms with Crippen molar-refractivity contribution in [3.8, 4) is 17.6 Å². The van der Waals surface area contributed by atoms with Gasteiger partial charge in [0.1, 0.15) is 29.8 Å². The molecule has 2 aromatic carbocycles. The lowest BCUT2D eigenvalue weighted by Gasteiger charge is -2.63. The number of nitrogens with one attached hydrogen (secondary N) is 2. The molecule has 8 heteroatoms. The quantitative estimate of drug-likeness (QED) is 0.467. The Hall–Kier alpha value is -2.79. The number of hydrogen-bond acceptors (Lipinski definition) is 6. The van der Waals surface area contributed by atoms with Crippen molar-refractivity contribution in [2.75, 3.05) is 26.2 Å². The van der Waals surface area contributed by atoms with Crippen LogP contribution in [0.5, 0.6) is 11.5 Å². The van der Waals surface area contributed by atoms with E-state index in [1.54, 1.807) is 18.2 Å². The third kappa shape index (κ3) is 5.81. The topological polar surface area (TPSA) is 86.6 Å². The lowest BCUT2D eigenvalue weighted by atomic mass is 9.49. The summed E-state index contributed by atoms with van der Waals surface area (Å²) in [5, 5.41) is 16.2. The standard InChI is InChI=1S/C32H41ClN4O3/c1-31(2)29(32(3,4)30(31)40-26-10-7-22(20-34)27(33)19-26)36-28(38)21-5-8-24(9-6-21)39-25-13-17-37(18-14-25)23-11-15-35-16-12-23/h5-10,19,23,25,29-30,35H,11-18H2,1-4H3,(H,36,38)/t29-,30-. The number of piperidine rings is 2. The summed E-state index contributed by atoms with van der Waals surface area (Å²) in [6.45, 7) is 12.8. The predicted molar refractivity (Wildman–Crippen MR) is 157 cm³/mol. The first kappa shape index (κ1) is 28.7. The Balaban J connectivity index is 1.14. The van der Waals surface area contributed by atoms with Crippen molar-refractivity contribution >= 4 is 17.5 Å². The number of ether oxygens (including phenoxy) is 2. The van der Waals surface area contributed by atoms with Crippen molar-refractivity contribution < 1.29 is 14.3 Å². The van der Waals surface area contributed by atoms with Crippen molar-refractivity contribution in [1.82, 2.24) is 15.5 Å². The summed E-state index contributed by atoms with van der Waals surface area (Å²) < 4.78 is 12.6. The highest BCUT2D eigenvalue weighted by Crippen LogP contribution is 2.55. The number of rotatable bonds is 7. The molecule has 2 saturated heterocycles. The van der Waals surface area contributed by atoms with E-state index in [0.29, 0.717) is 27.9 Å². The monoisotopic (exact) mass is 564 g/mol. The second-order valence-corrected chi connectivity index (χ2v) is 13.1. The number of carbonyl (C=O) groups is 1. The highest BCUT2D eigenvalue weighted by Gasteiger charge is 2.64. The van der Waals surface area contributed by atoms with E-state index in [1.807, 2.05) is 24.3 Å². The van der Waals surface area contributed by atoms with E-state index in [9.17, 15) is 4.79 Å². The Morgan fingerprint density at radius 2 is 1.60 bits per heavy atom. The summed E-state index contributed by atoms with van der Waals surface area (Å²) in [6, 6.07) is 15.3. The molecule has 2 aromatic rings. The molecule has 1 aliphatic carbocycles. The lowest BCUT2D eigenvalue weighted by Crippen LogP contribution is -2.74. The van der Waals surface area contributed by atoms with Crippen LogP contribution < -0.4 is 20.1 Å². The molecule has 0 atom stereocenters. The molecule has 1 amide bonds. The third-order valence-corrected chi connectivity index (χ3v) is 9.46. The van der Waals surface area contributed by atoms with Crippen LogP contribution in [-0.4, -0.2) is 61.3 Å². The smallest absolute Gasteiger partial charge is 0.251 e. The Kier molecular flexibility index (Phi) is 8.33. The van der Waals surface area contributed by atoms with Gasteiger partial charge in [0.25, 0.3) is 5.91 Å². The molecule has 0 unspecified atom stereocenters. The summed E-state index contributed by atoms with van der Waals surface area (Å²) >= 11 is 6.21. The molecule has 2 heterocycles. The first-order valence-electron chi connectivity index (χ1n) is 14.5. The Bertz CT molecular complexity index is 1230. The first-order valence-corrected chi connectivity index (χ1v) is 14.9. The molecule has 7 nitrogen and oxygen atoms in total. The number of halogens is 1. The second kappa shape index (κ2) is 11.6. The molecule has 0 radical (unpaired) electrons. The maximum atomic E-state index is 13.2. The van der Waals surface area contributed by atoms with Crippen molar-refractivity contribution in [2.24, 2.45) is 10.8 Å². The largest absolute Gasteiger partial charge is 0.490 e. The van der Waals surface area contributed by atoms with Gasteiger partial charge in [0.15, 0.2) is 0 Å². The number of likely N-dealkylation sites (tertiary alicyclic amines) is 1. The van der Waals surface area contributed by atoms with Gasteiger partial charge in [-0.1, -0.05) is 39.3 Å². The normalized spacial score (nSPS) is 24.9. The molecule has 0 aromatic heterocycles. The maximum Gasteiger partial charge on any atom is 0.251 e. The van der Waals surface area contributed by atoms with Gasteiger partial charge in [-0.05, 0) is 75.2 Å². The van der Waals surface area contributed by atoms with Crippen molar-refractivity contribution in [1.29, 1.82) is 5.26 Å². The fraction of sp³-hybridized carbons (Fsp3) is 0.562. The number of carbonyl (C=O) groups excluding carboxylic acids is 1. The molecular formula is C32H41ClN4O3. The van der Waals surface area contributed by atoms with E-state index in [0.717, 1.165) is 44.8 Å². The molecule has 3 fully saturated rings. The van der Waals surface area contributed by atoms with Gasteiger partial charge in [-0.15, -0.1) is 0 Å². The minimum atomic E-state index is -0.314. The van der Waals surface area contributed by atoms with Crippen LogP contribution in [0.2, 0.25) is 5.02 Å². The van der Waals surface area contributed by atoms with Crippen LogP contribution in [0, 0.1) is 22.2 Å². The Morgan fingerprint density at radius 3 is 2.20 bits per heavy atom. The molecule has 5 rings (SSSR count). The Morgan fingerprint density at radius 1 is 0.975 bits per heavy atom. The second-order valence-electron chi connectivity index (χ2n) is 12.7. The average Bonchev–Trinajstić information content (AvgIpc) is 2.95. The van der Waals surface area contributed by atoms with Crippen LogP contribution in [0.1, 0.15) is 69.3 Å². The summed E-state index contributed by atoms with van der Waals surface area (Å²) in [4.78, 5) is 15.9. The van der Waals surface area contributed by atoms with Crippen LogP contribution >= 0.6 is 11.6 Å². The van der Waals surface area contributed by atoms with Crippen LogP contribution in [-0.2, 0) is 0 Å². The zero-order valence-electron chi connectivity index (χ0n) is 24.0. The van der Waals surface area contributed by atoms with Crippen LogP contribution in [0.15, 0.2) is 42.5 Å². The van der Waals surface area contributed by atoms with Crippen LogP contribution in [0.25, 0.3) is 0 Å². The fourth-order valence-electron chi connectivity index (χ4n) is 7.22. The average molecular weight is 565 g/mol. The van der Waals surface area contributed by atoms with Gasteiger partial charge in [0.05, 0.1) is 10.6 Å². The number of nitriles is 1. The van der Waals surface area contributed by atoms with Crippen molar-refractivity contribution in [3.63, 3.8) is 0 Å². The summed E-state index contributed by atoms with van der Waals surface area (Å²) in [5.41, 5.74) is 0.403. The molecule has 2 N–H and O–H groups in total. The van der Waals surface area contributed by atoms with Crippen LogP contribution in [0.4, 0.5) is 0 Å². The maximum absolute atomic E-state index is 13.2. The van der Waals surface area contributed by atoms with E-state index < -0.39 is 0 Å². The lowest BCUT2D eigenvalue weighted by molar-refractivity contribution is -0.164. The van der Waals surface area contributed by atoms with E-state index in [4.69, 9.17) is 26.3 Å². The van der Waals surface area contributed by atoms with E-state index >= 15 is 0 Å². The SMILES string of the molecule is CC1(C)[C@H](NC(=O)c2ccc(OC3CCN(C4CCNCC4)CC3)cc2)C(C)(C)[C@H]1Oc1ccc(C#N)c(Cl)c1. The zero-order chi connectivity index (χ0) is 28.5. The zero-order valence-corrected chi connectivity index (χ0v) is 24.8. The first-order chi connectivity index (χ1) is 19.1. The van der Waals surface area contributed by atoms with Gasteiger partial charge in [-0.3, -0.25) is 4.79 Å². The third-order valence-electron chi connectivity index (χ3n) is 9.15.